The number of ether oxygens (including phenoxy) is 1. The van der Waals surface area contributed by atoms with Crippen molar-refractivity contribution in [1.82, 2.24) is 15.2 Å². The Morgan fingerprint density at radius 1 is 1.54 bits per heavy atom. The number of aliphatic hydroxyl groups is 1. The van der Waals surface area contributed by atoms with Crippen LogP contribution in [0.25, 0.3) is 20.5 Å². The van der Waals surface area contributed by atoms with Crippen molar-refractivity contribution in [2.45, 2.75) is 32.5 Å². The second kappa shape index (κ2) is 5.54. The van der Waals surface area contributed by atoms with E-state index in [0.29, 0.717) is 17.0 Å². The van der Waals surface area contributed by atoms with Crippen molar-refractivity contribution in [2.75, 3.05) is 6.61 Å². The van der Waals surface area contributed by atoms with E-state index in [1.165, 1.54) is 11.3 Å². The molecule has 1 aliphatic rings. The summed E-state index contributed by atoms with van der Waals surface area (Å²) in [6, 6.07) is 1.99. The highest BCUT2D eigenvalue weighted by molar-refractivity contribution is 7.22. The molecule has 24 heavy (non-hydrogen) atoms. The molecule has 3 aromatic heterocycles. The zero-order valence-corrected chi connectivity index (χ0v) is 14.4. The Labute approximate surface area is 142 Å². The molecule has 126 valence electrons. The van der Waals surface area contributed by atoms with E-state index in [2.05, 4.69) is 15.2 Å². The van der Waals surface area contributed by atoms with Crippen LogP contribution in [-0.2, 0) is 16.9 Å². The summed E-state index contributed by atoms with van der Waals surface area (Å²) < 4.78 is 6.35. The van der Waals surface area contributed by atoms with Crippen molar-refractivity contribution in [1.29, 1.82) is 0 Å². The van der Waals surface area contributed by atoms with Crippen LogP contribution in [0, 0.1) is 5.92 Å². The van der Waals surface area contributed by atoms with Crippen LogP contribution in [0.15, 0.2) is 23.3 Å². The Hall–Kier alpha value is -1.96. The number of rotatable bonds is 3. The molecule has 4 rings (SSSR count). The van der Waals surface area contributed by atoms with Gasteiger partial charge in [0, 0.05) is 27.6 Å². The number of aromatic amines is 2. The maximum Gasteiger partial charge on any atom is 0.266 e. The SMILES string of the molecule is CC[C@H](C)[C@@]1(O)COCc2c1[nH]c(=O)c1sc(-c3cn[nH]c3)cc21. The molecular formula is C17H19N3O3S. The molecule has 0 spiro atoms. The minimum atomic E-state index is -1.16. The molecule has 1 aliphatic heterocycles. The van der Waals surface area contributed by atoms with Crippen molar-refractivity contribution >= 4 is 21.4 Å². The number of thiophene rings is 1. The van der Waals surface area contributed by atoms with E-state index in [1.54, 1.807) is 12.4 Å². The van der Waals surface area contributed by atoms with E-state index < -0.39 is 5.60 Å². The molecule has 0 radical (unpaired) electrons. The molecule has 0 unspecified atom stereocenters. The maximum absolute atomic E-state index is 12.6. The summed E-state index contributed by atoms with van der Waals surface area (Å²) in [6.45, 7) is 4.60. The van der Waals surface area contributed by atoms with Crippen LogP contribution in [0.4, 0.5) is 0 Å². The van der Waals surface area contributed by atoms with Crippen LogP contribution in [0.5, 0.6) is 0 Å². The van der Waals surface area contributed by atoms with Gasteiger partial charge in [-0.25, -0.2) is 0 Å². The molecule has 0 amide bonds. The highest BCUT2D eigenvalue weighted by Gasteiger charge is 2.41. The molecule has 6 nitrogen and oxygen atoms in total. The molecule has 0 aromatic carbocycles. The molecular weight excluding hydrogens is 326 g/mol. The van der Waals surface area contributed by atoms with Crippen molar-refractivity contribution in [2.24, 2.45) is 5.92 Å². The quantitative estimate of drug-likeness (QED) is 0.681. The normalized spacial score (nSPS) is 21.8. The summed E-state index contributed by atoms with van der Waals surface area (Å²) in [6.07, 6.45) is 4.33. The van der Waals surface area contributed by atoms with Gasteiger partial charge in [-0.05, 0) is 12.0 Å². The number of nitrogens with zero attached hydrogens (tertiary/aromatic N) is 1. The van der Waals surface area contributed by atoms with Crippen molar-refractivity contribution < 1.29 is 9.84 Å². The van der Waals surface area contributed by atoms with Crippen LogP contribution >= 0.6 is 11.3 Å². The van der Waals surface area contributed by atoms with Gasteiger partial charge in [-0.2, -0.15) is 5.10 Å². The molecule has 3 N–H and O–H groups in total. The molecule has 0 saturated heterocycles. The first-order valence-corrected chi connectivity index (χ1v) is 8.84. The molecule has 7 heteroatoms. The van der Waals surface area contributed by atoms with Crippen LogP contribution in [0.3, 0.4) is 0 Å². The fourth-order valence-corrected chi connectivity index (χ4v) is 4.38. The summed E-state index contributed by atoms with van der Waals surface area (Å²) in [5.74, 6) is -0.0170. The molecule has 4 heterocycles. The van der Waals surface area contributed by atoms with E-state index in [4.69, 9.17) is 4.74 Å². The summed E-state index contributed by atoms with van der Waals surface area (Å²) in [7, 11) is 0. The number of hydrogen-bond donors (Lipinski definition) is 3. The zero-order valence-electron chi connectivity index (χ0n) is 13.5. The van der Waals surface area contributed by atoms with Crippen molar-refractivity contribution in [3.63, 3.8) is 0 Å². The first kappa shape index (κ1) is 15.6. The van der Waals surface area contributed by atoms with Crippen LogP contribution in [-0.4, -0.2) is 26.9 Å². The third-order valence-corrected chi connectivity index (χ3v) is 6.20. The third-order valence-electron chi connectivity index (χ3n) is 5.02. The average Bonchev–Trinajstić information content (AvgIpc) is 3.24. The van der Waals surface area contributed by atoms with Gasteiger partial charge in [0.1, 0.15) is 10.3 Å². The van der Waals surface area contributed by atoms with Gasteiger partial charge >= 0.3 is 0 Å². The van der Waals surface area contributed by atoms with Gasteiger partial charge in [-0.15, -0.1) is 11.3 Å². The largest absolute Gasteiger partial charge is 0.381 e. The van der Waals surface area contributed by atoms with Gasteiger partial charge in [-0.1, -0.05) is 20.3 Å². The summed E-state index contributed by atoms with van der Waals surface area (Å²) >= 11 is 1.43. The second-order valence-electron chi connectivity index (χ2n) is 6.37. The van der Waals surface area contributed by atoms with E-state index in [9.17, 15) is 9.90 Å². The number of pyridine rings is 1. The number of hydrogen-bond acceptors (Lipinski definition) is 5. The number of nitrogens with one attached hydrogen (secondary N) is 2. The Bertz CT molecular complexity index is 944. The smallest absolute Gasteiger partial charge is 0.266 e. The van der Waals surface area contributed by atoms with Gasteiger partial charge in [-0.3, -0.25) is 9.89 Å². The minimum Gasteiger partial charge on any atom is -0.381 e. The fraction of sp³-hybridized carbons (Fsp3) is 0.412. The van der Waals surface area contributed by atoms with Crippen LogP contribution in [0.1, 0.15) is 31.5 Å². The van der Waals surface area contributed by atoms with E-state index >= 15 is 0 Å². The summed E-state index contributed by atoms with van der Waals surface area (Å²) in [4.78, 5) is 16.5. The first-order valence-electron chi connectivity index (χ1n) is 8.03. The Kier molecular flexibility index (Phi) is 3.59. The third kappa shape index (κ3) is 2.16. The standard InChI is InChI=1S/C17H19N3O3S/c1-3-9(2)17(22)8-23-7-12-11-4-13(10-5-18-19-6-10)24-14(11)16(21)20-15(12)17/h4-6,9,22H,3,7-8H2,1-2H3,(H,18,19)(H,20,21)/t9-,17-/m0/s1. The maximum atomic E-state index is 12.6. The van der Waals surface area contributed by atoms with Gasteiger partial charge in [0.05, 0.1) is 25.1 Å². The van der Waals surface area contributed by atoms with Gasteiger partial charge < -0.3 is 14.8 Å². The second-order valence-corrected chi connectivity index (χ2v) is 7.43. The number of aromatic nitrogens is 3. The minimum absolute atomic E-state index is 0.0170. The van der Waals surface area contributed by atoms with Crippen LogP contribution < -0.4 is 5.56 Å². The van der Waals surface area contributed by atoms with Crippen molar-refractivity contribution in [3.05, 3.63) is 40.1 Å². The molecule has 0 bridgehead atoms. The van der Waals surface area contributed by atoms with Gasteiger partial charge in [0.15, 0.2) is 0 Å². The number of fused-ring (bicyclic) bond motifs is 3. The number of H-pyrrole nitrogens is 2. The zero-order chi connectivity index (χ0) is 16.9. The van der Waals surface area contributed by atoms with E-state index in [-0.39, 0.29) is 18.1 Å². The predicted molar refractivity (Wildman–Crippen MR) is 93.0 cm³/mol. The average molecular weight is 345 g/mol. The van der Waals surface area contributed by atoms with Gasteiger partial charge in [0.25, 0.3) is 5.56 Å². The fourth-order valence-electron chi connectivity index (χ4n) is 3.32. The summed E-state index contributed by atoms with van der Waals surface area (Å²) in [5, 5.41) is 18.8. The van der Waals surface area contributed by atoms with Crippen LogP contribution in [0.2, 0.25) is 0 Å². The molecule has 0 fully saturated rings. The lowest BCUT2D eigenvalue weighted by molar-refractivity contribution is -0.109. The topological polar surface area (TPSA) is 91.0 Å². The highest BCUT2D eigenvalue weighted by Crippen LogP contribution is 2.41. The molecule has 2 atom stereocenters. The molecule has 0 aliphatic carbocycles. The molecule has 0 saturated carbocycles. The first-order chi connectivity index (χ1) is 11.5. The Morgan fingerprint density at radius 3 is 3.08 bits per heavy atom. The predicted octanol–water partition coefficient (Wildman–Crippen LogP) is 2.74. The lowest BCUT2D eigenvalue weighted by atomic mass is 9.81. The lowest BCUT2D eigenvalue weighted by Gasteiger charge is -2.38. The van der Waals surface area contributed by atoms with E-state index in [1.807, 2.05) is 19.9 Å². The lowest BCUT2D eigenvalue weighted by Crippen LogP contribution is -2.44. The Balaban J connectivity index is 1.97. The highest BCUT2D eigenvalue weighted by atomic mass is 32.1. The Morgan fingerprint density at radius 2 is 2.38 bits per heavy atom. The van der Waals surface area contributed by atoms with Crippen molar-refractivity contribution in [3.8, 4) is 10.4 Å². The van der Waals surface area contributed by atoms with Gasteiger partial charge in [0.2, 0.25) is 0 Å². The monoisotopic (exact) mass is 345 g/mol. The summed E-state index contributed by atoms with van der Waals surface area (Å²) in [5.41, 5.74) is 1.11. The van der Waals surface area contributed by atoms with E-state index in [0.717, 1.165) is 27.8 Å². The molecule has 3 aromatic rings.